The summed E-state index contributed by atoms with van der Waals surface area (Å²) in [6.07, 6.45) is -3.29. The summed E-state index contributed by atoms with van der Waals surface area (Å²) in [4.78, 5) is 15.9. The normalized spacial score (nSPS) is 11.2. The smallest absolute Gasteiger partial charge is 0.417 e. The first kappa shape index (κ1) is 14.0. The number of carbonyl (C=O) groups is 1. The summed E-state index contributed by atoms with van der Waals surface area (Å²) in [5, 5.41) is 0. The standard InChI is InChI=1S/C14H10F3NO2/c1-20-9-5-6-10(11(8-9)14(15,16)17)13(19)12-4-2-3-7-18-12/h2-8H,1H3. The molecule has 0 fully saturated rings. The van der Waals surface area contributed by atoms with Gasteiger partial charge in [0.15, 0.2) is 0 Å². The molecule has 1 aromatic heterocycles. The molecule has 0 N–H and O–H groups in total. The van der Waals surface area contributed by atoms with Gasteiger partial charge in [-0.2, -0.15) is 13.2 Å². The Hall–Kier alpha value is -2.37. The van der Waals surface area contributed by atoms with Gasteiger partial charge in [-0.25, -0.2) is 0 Å². The topological polar surface area (TPSA) is 39.2 Å². The number of nitrogens with zero attached hydrogens (tertiary/aromatic N) is 1. The molecule has 0 amide bonds. The molecule has 0 atom stereocenters. The van der Waals surface area contributed by atoms with Crippen LogP contribution in [0, 0.1) is 0 Å². The van der Waals surface area contributed by atoms with E-state index in [2.05, 4.69) is 4.98 Å². The van der Waals surface area contributed by atoms with Gasteiger partial charge in [-0.15, -0.1) is 0 Å². The van der Waals surface area contributed by atoms with Gasteiger partial charge in [-0.3, -0.25) is 9.78 Å². The van der Waals surface area contributed by atoms with Crippen molar-refractivity contribution < 1.29 is 22.7 Å². The Kier molecular flexibility index (Phi) is 3.74. The van der Waals surface area contributed by atoms with Gasteiger partial charge in [0.2, 0.25) is 5.78 Å². The van der Waals surface area contributed by atoms with E-state index in [1.54, 1.807) is 6.07 Å². The monoisotopic (exact) mass is 281 g/mol. The first-order valence-corrected chi connectivity index (χ1v) is 5.64. The maximum Gasteiger partial charge on any atom is 0.417 e. The Morgan fingerprint density at radius 1 is 1.20 bits per heavy atom. The third kappa shape index (κ3) is 2.79. The molecule has 1 heterocycles. The molecule has 0 radical (unpaired) electrons. The van der Waals surface area contributed by atoms with Crippen LogP contribution in [0.1, 0.15) is 21.6 Å². The molecule has 0 saturated carbocycles. The van der Waals surface area contributed by atoms with Crippen molar-refractivity contribution in [3.8, 4) is 5.75 Å². The van der Waals surface area contributed by atoms with E-state index in [1.165, 1.54) is 31.5 Å². The maximum atomic E-state index is 13.0. The Bertz CT molecular complexity index is 624. The van der Waals surface area contributed by atoms with Crippen molar-refractivity contribution >= 4 is 5.78 Å². The summed E-state index contributed by atoms with van der Waals surface area (Å²) in [6, 6.07) is 7.69. The largest absolute Gasteiger partial charge is 0.497 e. The molecule has 1 aromatic carbocycles. The highest BCUT2D eigenvalue weighted by atomic mass is 19.4. The van der Waals surface area contributed by atoms with Crippen LogP contribution in [-0.2, 0) is 6.18 Å². The number of hydrogen-bond donors (Lipinski definition) is 0. The number of hydrogen-bond acceptors (Lipinski definition) is 3. The van der Waals surface area contributed by atoms with E-state index in [-0.39, 0.29) is 11.4 Å². The maximum absolute atomic E-state index is 13.0. The van der Waals surface area contributed by atoms with E-state index in [4.69, 9.17) is 4.74 Å². The van der Waals surface area contributed by atoms with Crippen LogP contribution < -0.4 is 4.74 Å². The minimum absolute atomic E-state index is 0.0369. The molecular formula is C14H10F3NO2. The molecule has 0 bridgehead atoms. The highest BCUT2D eigenvalue weighted by Crippen LogP contribution is 2.35. The molecule has 20 heavy (non-hydrogen) atoms. The van der Waals surface area contributed by atoms with Crippen LogP contribution in [0.15, 0.2) is 42.6 Å². The Morgan fingerprint density at radius 3 is 2.50 bits per heavy atom. The number of halogens is 3. The van der Waals surface area contributed by atoms with Crippen LogP contribution in [0.25, 0.3) is 0 Å². The number of benzene rings is 1. The number of alkyl halides is 3. The number of rotatable bonds is 3. The summed E-state index contributed by atoms with van der Waals surface area (Å²) in [7, 11) is 1.26. The van der Waals surface area contributed by atoms with Crippen LogP contribution in [0.2, 0.25) is 0 Å². The molecular weight excluding hydrogens is 271 g/mol. The van der Waals surface area contributed by atoms with Crippen LogP contribution in [0.5, 0.6) is 5.75 Å². The molecule has 104 valence electrons. The summed E-state index contributed by atoms with van der Waals surface area (Å²) >= 11 is 0. The zero-order valence-corrected chi connectivity index (χ0v) is 10.4. The minimum atomic E-state index is -4.64. The van der Waals surface area contributed by atoms with Crippen LogP contribution in [0.3, 0.4) is 0 Å². The van der Waals surface area contributed by atoms with E-state index in [9.17, 15) is 18.0 Å². The molecule has 0 spiro atoms. The lowest BCUT2D eigenvalue weighted by Gasteiger charge is -2.13. The van der Waals surface area contributed by atoms with Crippen molar-refractivity contribution in [2.45, 2.75) is 6.18 Å². The van der Waals surface area contributed by atoms with Gasteiger partial charge in [-0.1, -0.05) is 6.07 Å². The molecule has 0 unspecified atom stereocenters. The van der Waals surface area contributed by atoms with E-state index in [0.29, 0.717) is 0 Å². The molecule has 2 aromatic rings. The van der Waals surface area contributed by atoms with Gasteiger partial charge in [-0.05, 0) is 30.3 Å². The van der Waals surface area contributed by atoms with Crippen molar-refractivity contribution in [1.82, 2.24) is 4.98 Å². The second kappa shape index (κ2) is 5.32. The Morgan fingerprint density at radius 2 is 1.95 bits per heavy atom. The molecule has 3 nitrogen and oxygen atoms in total. The molecule has 0 saturated heterocycles. The molecule has 6 heteroatoms. The fourth-order valence-corrected chi connectivity index (χ4v) is 1.72. The average molecular weight is 281 g/mol. The second-order valence-electron chi connectivity index (χ2n) is 3.95. The molecule has 0 aliphatic carbocycles. The fraction of sp³-hybridized carbons (Fsp3) is 0.143. The number of carbonyl (C=O) groups excluding carboxylic acids is 1. The van der Waals surface area contributed by atoms with Crippen molar-refractivity contribution in [2.75, 3.05) is 7.11 Å². The number of ether oxygens (including phenoxy) is 1. The zero-order chi connectivity index (χ0) is 14.8. The quantitative estimate of drug-likeness (QED) is 0.810. The van der Waals surface area contributed by atoms with E-state index in [1.807, 2.05) is 0 Å². The third-order valence-corrected chi connectivity index (χ3v) is 2.67. The van der Waals surface area contributed by atoms with E-state index < -0.39 is 23.1 Å². The summed E-state index contributed by atoms with van der Waals surface area (Å²) in [5.41, 5.74) is -1.52. The predicted molar refractivity (Wildman–Crippen MR) is 65.7 cm³/mol. The SMILES string of the molecule is COc1ccc(C(=O)c2ccccn2)c(C(F)(F)F)c1. The number of methoxy groups -OCH3 is 1. The fourth-order valence-electron chi connectivity index (χ4n) is 1.72. The van der Waals surface area contributed by atoms with Gasteiger partial charge in [0, 0.05) is 11.8 Å². The summed E-state index contributed by atoms with van der Waals surface area (Å²) in [6.45, 7) is 0. The van der Waals surface area contributed by atoms with E-state index >= 15 is 0 Å². The third-order valence-electron chi connectivity index (χ3n) is 2.67. The van der Waals surface area contributed by atoms with Gasteiger partial charge < -0.3 is 4.74 Å². The highest BCUT2D eigenvalue weighted by molar-refractivity contribution is 6.08. The second-order valence-corrected chi connectivity index (χ2v) is 3.95. The number of pyridine rings is 1. The molecule has 0 aliphatic heterocycles. The van der Waals surface area contributed by atoms with Crippen LogP contribution >= 0.6 is 0 Å². The van der Waals surface area contributed by atoms with Crippen molar-refractivity contribution in [3.63, 3.8) is 0 Å². The van der Waals surface area contributed by atoms with Gasteiger partial charge >= 0.3 is 6.18 Å². The van der Waals surface area contributed by atoms with Gasteiger partial charge in [0.25, 0.3) is 0 Å². The van der Waals surface area contributed by atoms with Gasteiger partial charge in [0.05, 0.1) is 12.7 Å². The van der Waals surface area contributed by atoms with Crippen LogP contribution in [-0.4, -0.2) is 17.9 Å². The van der Waals surface area contributed by atoms with Gasteiger partial charge in [0.1, 0.15) is 11.4 Å². The van der Waals surface area contributed by atoms with E-state index in [0.717, 1.165) is 12.1 Å². The first-order valence-electron chi connectivity index (χ1n) is 5.64. The lowest BCUT2D eigenvalue weighted by molar-refractivity contribution is -0.138. The van der Waals surface area contributed by atoms with Crippen molar-refractivity contribution in [3.05, 3.63) is 59.4 Å². The Balaban J connectivity index is 2.54. The summed E-state index contributed by atoms with van der Waals surface area (Å²) in [5.74, 6) is -0.740. The average Bonchev–Trinajstić information content (AvgIpc) is 2.46. The highest BCUT2D eigenvalue weighted by Gasteiger charge is 2.36. The first-order chi connectivity index (χ1) is 9.43. The Labute approximate surface area is 113 Å². The lowest BCUT2D eigenvalue weighted by atomic mass is 10.0. The number of ketones is 1. The van der Waals surface area contributed by atoms with Crippen LogP contribution in [0.4, 0.5) is 13.2 Å². The minimum Gasteiger partial charge on any atom is -0.497 e. The number of aromatic nitrogens is 1. The zero-order valence-electron chi connectivity index (χ0n) is 10.4. The lowest BCUT2D eigenvalue weighted by Crippen LogP contribution is -2.14. The summed E-state index contributed by atoms with van der Waals surface area (Å²) < 4.78 is 43.8. The molecule has 0 aliphatic rings. The molecule has 2 rings (SSSR count). The van der Waals surface area contributed by atoms with Crippen molar-refractivity contribution in [1.29, 1.82) is 0 Å². The van der Waals surface area contributed by atoms with Crippen molar-refractivity contribution in [2.24, 2.45) is 0 Å². The predicted octanol–water partition coefficient (Wildman–Crippen LogP) is 3.34.